The van der Waals surface area contributed by atoms with E-state index in [-0.39, 0.29) is 32.9 Å². The molecule has 0 saturated heterocycles. The van der Waals surface area contributed by atoms with Crippen LogP contribution in [0.15, 0.2) is 170 Å². The summed E-state index contributed by atoms with van der Waals surface area (Å²) >= 11 is 0. The second-order valence-electron chi connectivity index (χ2n) is 10.4. The van der Waals surface area contributed by atoms with Gasteiger partial charge in [0.05, 0.1) is 0 Å². The van der Waals surface area contributed by atoms with Crippen LogP contribution in [0.2, 0.25) is 0 Å². The SMILES string of the molecule is [Fe+2].c1ccc(P(CCCc2ccc[cH-]2)c2ccccc2)cc1.c1ccc(P(CCCc2ccc[cH-]2)c2ccccc2)cc1. The molecular weight excluding hydrogens is 598 g/mol. The van der Waals surface area contributed by atoms with E-state index >= 15 is 0 Å². The van der Waals surface area contributed by atoms with Gasteiger partial charge in [-0.2, -0.15) is 35.4 Å². The van der Waals surface area contributed by atoms with Crippen LogP contribution in [0.1, 0.15) is 24.0 Å². The Bertz CT molecular complexity index is 1300. The zero-order valence-corrected chi connectivity index (χ0v) is 27.5. The third kappa shape index (κ3) is 10.6. The molecule has 6 rings (SSSR count). The first-order chi connectivity index (χ1) is 20.9. The van der Waals surface area contributed by atoms with Crippen molar-refractivity contribution in [2.45, 2.75) is 25.7 Å². The molecular formula is C40H40FeP2. The maximum atomic E-state index is 2.28. The molecule has 218 valence electrons. The van der Waals surface area contributed by atoms with Gasteiger partial charge in [0.1, 0.15) is 0 Å². The largest absolute Gasteiger partial charge is 2.00 e. The Hall–Kier alpha value is -3.04. The zero-order valence-electron chi connectivity index (χ0n) is 24.7. The number of rotatable bonds is 12. The molecule has 6 aromatic carbocycles. The summed E-state index contributed by atoms with van der Waals surface area (Å²) in [5.41, 5.74) is 2.93. The molecule has 0 aliphatic heterocycles. The van der Waals surface area contributed by atoms with Crippen molar-refractivity contribution in [1.29, 1.82) is 0 Å². The molecule has 6 aromatic rings. The molecule has 0 heterocycles. The van der Waals surface area contributed by atoms with Gasteiger partial charge in [-0.25, -0.2) is 24.3 Å². The fraction of sp³-hybridized carbons (Fsp3) is 0.150. The molecule has 0 nitrogen and oxygen atoms in total. The van der Waals surface area contributed by atoms with Gasteiger partial charge < -0.3 is 0 Å². The minimum atomic E-state index is -0.233. The summed E-state index contributed by atoms with van der Waals surface area (Å²) in [7, 11) is -0.465. The summed E-state index contributed by atoms with van der Waals surface area (Å²) in [6, 6.07) is 61.3. The molecule has 0 aromatic heterocycles. The molecule has 0 spiro atoms. The Balaban J connectivity index is 0.000000192. The molecule has 0 amide bonds. The van der Waals surface area contributed by atoms with Crippen LogP contribution in [0, 0.1) is 0 Å². The van der Waals surface area contributed by atoms with Gasteiger partial charge in [0.15, 0.2) is 0 Å². The van der Waals surface area contributed by atoms with Crippen LogP contribution in [-0.4, -0.2) is 12.3 Å². The van der Waals surface area contributed by atoms with Gasteiger partial charge >= 0.3 is 17.1 Å². The number of hydrogen-bond acceptors (Lipinski definition) is 0. The van der Waals surface area contributed by atoms with Crippen LogP contribution in [0.3, 0.4) is 0 Å². The van der Waals surface area contributed by atoms with Crippen LogP contribution >= 0.6 is 15.8 Å². The number of benzene rings is 4. The normalized spacial score (nSPS) is 10.7. The minimum Gasteiger partial charge on any atom is -0.213 e. The van der Waals surface area contributed by atoms with E-state index in [9.17, 15) is 0 Å². The van der Waals surface area contributed by atoms with E-state index in [1.54, 1.807) is 0 Å². The standard InChI is InChI=1S/2C20H20P.Fe/c2*1-3-13-19(14-4-1)21(20-15-5-2-6-16-20)17-9-12-18-10-7-8-11-18;/h2*1-8,10-11,13-16H,9,12,17H2;/q2*-1;+2. The Morgan fingerprint density at radius 2 is 0.674 bits per heavy atom. The second-order valence-corrected chi connectivity index (χ2v) is 15.1. The van der Waals surface area contributed by atoms with Crippen LogP contribution < -0.4 is 21.2 Å². The Morgan fingerprint density at radius 1 is 0.372 bits per heavy atom. The second kappa shape index (κ2) is 18.6. The van der Waals surface area contributed by atoms with Crippen molar-refractivity contribution >= 4 is 37.1 Å². The third-order valence-electron chi connectivity index (χ3n) is 7.43. The molecule has 0 aliphatic carbocycles. The van der Waals surface area contributed by atoms with Crippen molar-refractivity contribution < 1.29 is 17.1 Å². The van der Waals surface area contributed by atoms with Crippen molar-refractivity contribution in [3.63, 3.8) is 0 Å². The van der Waals surface area contributed by atoms with Crippen molar-refractivity contribution in [1.82, 2.24) is 0 Å². The Kier molecular flexibility index (Phi) is 14.2. The number of hydrogen-bond donors (Lipinski definition) is 0. The first-order valence-corrected chi connectivity index (χ1v) is 18.1. The van der Waals surface area contributed by atoms with Crippen LogP contribution in [0.4, 0.5) is 0 Å². The van der Waals surface area contributed by atoms with E-state index in [1.807, 2.05) is 0 Å². The van der Waals surface area contributed by atoms with E-state index in [2.05, 4.69) is 170 Å². The first-order valence-electron chi connectivity index (χ1n) is 15.0. The van der Waals surface area contributed by atoms with Crippen LogP contribution in [-0.2, 0) is 29.9 Å². The molecule has 0 N–H and O–H groups in total. The molecule has 0 radical (unpaired) electrons. The monoisotopic (exact) mass is 638 g/mol. The minimum absolute atomic E-state index is 0. The van der Waals surface area contributed by atoms with Crippen molar-refractivity contribution in [3.8, 4) is 0 Å². The van der Waals surface area contributed by atoms with Gasteiger partial charge in [-0.1, -0.05) is 134 Å². The average Bonchev–Trinajstić information content (AvgIpc) is 3.79. The maximum absolute atomic E-state index is 2.28. The topological polar surface area (TPSA) is 0 Å². The summed E-state index contributed by atoms with van der Waals surface area (Å²) in [6.45, 7) is 0. The predicted octanol–water partition coefficient (Wildman–Crippen LogP) is 8.94. The van der Waals surface area contributed by atoms with E-state index < -0.39 is 0 Å². The molecule has 0 aliphatic rings. The van der Waals surface area contributed by atoms with Gasteiger partial charge in [-0.05, 0) is 62.2 Å². The molecule has 43 heavy (non-hydrogen) atoms. The zero-order chi connectivity index (χ0) is 28.7. The van der Waals surface area contributed by atoms with E-state index in [0.29, 0.717) is 0 Å². The molecule has 3 heteroatoms. The fourth-order valence-electron chi connectivity index (χ4n) is 5.29. The van der Waals surface area contributed by atoms with E-state index in [1.165, 1.54) is 70.4 Å². The fourth-order valence-corrected chi connectivity index (χ4v) is 10.00. The maximum Gasteiger partial charge on any atom is 2.00 e. The quantitative estimate of drug-likeness (QED) is 0.0714. The average molecular weight is 639 g/mol. The van der Waals surface area contributed by atoms with Crippen LogP contribution in [0.5, 0.6) is 0 Å². The van der Waals surface area contributed by atoms with Crippen molar-refractivity contribution in [2.24, 2.45) is 0 Å². The Labute approximate surface area is 271 Å². The molecule has 0 atom stereocenters. The van der Waals surface area contributed by atoms with Gasteiger partial charge in [0.25, 0.3) is 0 Å². The van der Waals surface area contributed by atoms with E-state index in [0.717, 1.165) is 0 Å². The summed E-state index contributed by atoms with van der Waals surface area (Å²) < 4.78 is 0. The van der Waals surface area contributed by atoms with Gasteiger partial charge in [0.2, 0.25) is 0 Å². The van der Waals surface area contributed by atoms with Crippen molar-refractivity contribution in [2.75, 3.05) is 12.3 Å². The molecule has 0 fully saturated rings. The van der Waals surface area contributed by atoms with Crippen molar-refractivity contribution in [3.05, 3.63) is 181 Å². The van der Waals surface area contributed by atoms with E-state index in [4.69, 9.17) is 0 Å². The first kappa shape index (κ1) is 32.9. The van der Waals surface area contributed by atoms with Gasteiger partial charge in [0, 0.05) is 0 Å². The van der Waals surface area contributed by atoms with Gasteiger partial charge in [-0.3, -0.25) is 0 Å². The molecule has 0 bridgehead atoms. The van der Waals surface area contributed by atoms with Crippen LogP contribution in [0.25, 0.3) is 0 Å². The molecule has 0 saturated carbocycles. The summed E-state index contributed by atoms with van der Waals surface area (Å²) in [4.78, 5) is 0. The van der Waals surface area contributed by atoms with Gasteiger partial charge in [-0.15, -0.1) is 0 Å². The smallest absolute Gasteiger partial charge is 0.213 e. The Morgan fingerprint density at radius 3 is 0.930 bits per heavy atom. The number of aryl methyl sites for hydroxylation is 2. The summed E-state index contributed by atoms with van der Waals surface area (Å²) in [5, 5.41) is 5.95. The third-order valence-corrected chi connectivity index (χ3v) is 12.6. The summed E-state index contributed by atoms with van der Waals surface area (Å²) in [6.07, 6.45) is 7.39. The predicted molar refractivity (Wildman–Crippen MR) is 189 cm³/mol. The summed E-state index contributed by atoms with van der Waals surface area (Å²) in [5.74, 6) is 0. The molecule has 0 unspecified atom stereocenters.